The Bertz CT molecular complexity index is 1800. The molecule has 3 unspecified atom stereocenters. The maximum atomic E-state index is 13.7. The van der Waals surface area contributed by atoms with Crippen molar-refractivity contribution in [1.82, 2.24) is 20.5 Å². The van der Waals surface area contributed by atoms with Crippen molar-refractivity contribution in [3.8, 4) is 5.75 Å². The highest BCUT2D eigenvalue weighted by molar-refractivity contribution is 5.95. The van der Waals surface area contributed by atoms with Gasteiger partial charge in [0.2, 0.25) is 0 Å². The molecule has 346 valence electrons. The largest absolute Gasteiger partial charge is 0.494 e. The summed E-state index contributed by atoms with van der Waals surface area (Å²) in [5.41, 5.74) is 4.85. The van der Waals surface area contributed by atoms with Gasteiger partial charge >= 0.3 is 5.97 Å². The molecule has 2 aliphatic heterocycles. The number of carboxylic acids is 1. The number of likely N-dealkylation sites (tertiary alicyclic amines) is 1. The van der Waals surface area contributed by atoms with Crippen molar-refractivity contribution >= 4 is 17.6 Å². The van der Waals surface area contributed by atoms with Crippen molar-refractivity contribution in [2.75, 3.05) is 71.7 Å². The highest BCUT2D eigenvalue weighted by atomic mass is 16.5. The van der Waals surface area contributed by atoms with Gasteiger partial charge in [-0.25, -0.2) is 0 Å². The lowest BCUT2D eigenvalue weighted by molar-refractivity contribution is -0.137. The lowest BCUT2D eigenvalue weighted by Gasteiger charge is -2.45. The Labute approximate surface area is 376 Å². The molecule has 3 aromatic rings. The summed E-state index contributed by atoms with van der Waals surface area (Å²) in [7, 11) is 2.20. The molecule has 0 spiro atoms. The van der Waals surface area contributed by atoms with Crippen molar-refractivity contribution in [3.05, 3.63) is 102 Å². The summed E-state index contributed by atoms with van der Waals surface area (Å²) in [6.07, 6.45) is 17.1. The smallest absolute Gasteiger partial charge is 0.303 e. The van der Waals surface area contributed by atoms with Crippen LogP contribution in [0.1, 0.15) is 131 Å². The summed E-state index contributed by atoms with van der Waals surface area (Å²) in [5.74, 6) is 1.01. The van der Waals surface area contributed by atoms with E-state index in [0.29, 0.717) is 63.5 Å². The van der Waals surface area contributed by atoms with Crippen LogP contribution in [0.25, 0.3) is 0 Å². The first-order chi connectivity index (χ1) is 30.7. The second-order valence-corrected chi connectivity index (χ2v) is 17.5. The van der Waals surface area contributed by atoms with Gasteiger partial charge in [0.05, 0.1) is 50.7 Å². The minimum absolute atomic E-state index is 0.104. The quantitative estimate of drug-likeness (QED) is 0.0519. The third-order valence-corrected chi connectivity index (χ3v) is 12.7. The first-order valence-electron chi connectivity index (χ1n) is 23.6. The normalized spacial score (nSPS) is 19.3. The topological polar surface area (TPSA) is 144 Å². The van der Waals surface area contributed by atoms with Crippen LogP contribution in [0.2, 0.25) is 0 Å². The Morgan fingerprint density at radius 1 is 0.857 bits per heavy atom. The van der Waals surface area contributed by atoms with Crippen LogP contribution in [0.15, 0.2) is 84.8 Å². The second kappa shape index (κ2) is 27.0. The van der Waals surface area contributed by atoms with E-state index >= 15 is 0 Å². The Kier molecular flexibility index (Phi) is 21.2. The van der Waals surface area contributed by atoms with E-state index in [4.69, 9.17) is 24.1 Å². The maximum Gasteiger partial charge on any atom is 0.303 e. The number of allylic oxidation sites excluding steroid dienone is 1. The molecule has 5 rings (SSSR count). The number of aromatic nitrogens is 1. The molecule has 12 nitrogen and oxygen atoms in total. The van der Waals surface area contributed by atoms with Crippen LogP contribution in [0.3, 0.4) is 0 Å². The van der Waals surface area contributed by atoms with Gasteiger partial charge in [0.1, 0.15) is 5.75 Å². The molecule has 1 aromatic heterocycles. The number of ether oxygens (including phenoxy) is 4. The van der Waals surface area contributed by atoms with E-state index in [-0.39, 0.29) is 30.0 Å². The van der Waals surface area contributed by atoms with Crippen LogP contribution < -0.4 is 20.7 Å². The van der Waals surface area contributed by atoms with E-state index in [0.717, 1.165) is 101 Å². The highest BCUT2D eigenvalue weighted by Crippen LogP contribution is 2.41. The van der Waals surface area contributed by atoms with Crippen LogP contribution in [-0.4, -0.2) is 98.8 Å². The molecule has 1 amide bonds. The summed E-state index contributed by atoms with van der Waals surface area (Å²) >= 11 is 0. The van der Waals surface area contributed by atoms with Gasteiger partial charge in [-0.15, -0.1) is 0 Å². The predicted octanol–water partition coefficient (Wildman–Crippen LogP) is 9.36. The Balaban J connectivity index is 1.01. The third kappa shape index (κ3) is 16.5. The van der Waals surface area contributed by atoms with Crippen LogP contribution in [-0.2, 0) is 19.0 Å². The number of hydrogen-bond acceptors (Lipinski definition) is 10. The molecule has 2 aromatic carbocycles. The van der Waals surface area contributed by atoms with Crippen molar-refractivity contribution in [2.24, 2.45) is 11.8 Å². The summed E-state index contributed by atoms with van der Waals surface area (Å²) in [5, 5.41) is 19.9. The zero-order valence-corrected chi connectivity index (χ0v) is 38.5. The Morgan fingerprint density at radius 3 is 2.14 bits per heavy atom. The molecular formula is C51H75N5O7. The standard InChI is InChI=1S/C51H75N5O7/c1-5-46-39(2)17-22-47(54-49(46)42-23-27-52-28-24-42)51(25-29-56(4)30-26-51)55-44-15-13-14-43(38-44)50(59)53-40(3)41-18-20-45(21-19-41)63-33-12-7-6-10-31-60-34-36-62-37-35-61-32-11-8-9-16-48(57)58/h13-15,18-24,27-28,38-40,46,49,54-55H,5-12,16-17,25-26,29-37H2,1-4H3,(H,53,59)(H,57,58)/t39?,40-,46?,49?/m1/s1. The summed E-state index contributed by atoms with van der Waals surface area (Å²) in [4.78, 5) is 30.9. The fourth-order valence-corrected chi connectivity index (χ4v) is 8.75. The number of benzene rings is 2. The van der Waals surface area contributed by atoms with E-state index < -0.39 is 5.97 Å². The number of amides is 1. The number of carbonyl (C=O) groups is 2. The molecule has 4 atom stereocenters. The zero-order valence-electron chi connectivity index (χ0n) is 38.5. The predicted molar refractivity (Wildman–Crippen MR) is 250 cm³/mol. The van der Waals surface area contributed by atoms with Gasteiger partial charge in [-0.1, -0.05) is 57.4 Å². The number of aliphatic carboxylic acids is 1. The number of carboxylic acid groups (broad SMARTS) is 1. The number of nitrogens with one attached hydrogen (secondary N) is 3. The molecule has 2 aliphatic rings. The minimum Gasteiger partial charge on any atom is -0.494 e. The second-order valence-electron chi connectivity index (χ2n) is 17.5. The number of rotatable bonds is 28. The number of unbranched alkanes of at least 4 members (excludes halogenated alkanes) is 5. The van der Waals surface area contributed by atoms with E-state index in [2.05, 4.69) is 71.0 Å². The number of carbonyl (C=O) groups excluding carboxylic acids is 1. The number of pyridine rings is 1. The van der Waals surface area contributed by atoms with E-state index in [1.165, 1.54) is 11.3 Å². The summed E-state index contributed by atoms with van der Waals surface area (Å²) in [6, 6.07) is 20.3. The fraction of sp³-hybridized carbons (Fsp3) is 0.588. The first kappa shape index (κ1) is 49.5. The van der Waals surface area contributed by atoms with Gasteiger partial charge in [0.15, 0.2) is 0 Å². The van der Waals surface area contributed by atoms with Crippen LogP contribution >= 0.6 is 0 Å². The maximum absolute atomic E-state index is 13.7. The average Bonchev–Trinajstić information content (AvgIpc) is 3.47. The fourth-order valence-electron chi connectivity index (χ4n) is 8.75. The van der Waals surface area contributed by atoms with Gasteiger partial charge in [0.25, 0.3) is 5.91 Å². The molecule has 4 N–H and O–H groups in total. The van der Waals surface area contributed by atoms with Gasteiger partial charge < -0.3 is 44.9 Å². The van der Waals surface area contributed by atoms with Gasteiger partial charge in [-0.2, -0.15) is 0 Å². The van der Waals surface area contributed by atoms with E-state index in [1.54, 1.807) is 0 Å². The molecule has 3 heterocycles. The molecule has 1 saturated heterocycles. The minimum atomic E-state index is -0.743. The molecule has 12 heteroatoms. The van der Waals surface area contributed by atoms with E-state index in [9.17, 15) is 9.59 Å². The monoisotopic (exact) mass is 870 g/mol. The van der Waals surface area contributed by atoms with Crippen LogP contribution in [0.4, 0.5) is 5.69 Å². The summed E-state index contributed by atoms with van der Waals surface area (Å²) in [6.45, 7) is 12.9. The summed E-state index contributed by atoms with van der Waals surface area (Å²) < 4.78 is 22.8. The van der Waals surface area contributed by atoms with E-state index in [1.807, 2.05) is 61.8 Å². The first-order valence-corrected chi connectivity index (χ1v) is 23.6. The molecular weight excluding hydrogens is 795 g/mol. The van der Waals surface area contributed by atoms with Crippen LogP contribution in [0.5, 0.6) is 5.75 Å². The molecule has 63 heavy (non-hydrogen) atoms. The number of anilines is 1. The Morgan fingerprint density at radius 2 is 1.49 bits per heavy atom. The molecule has 0 saturated carbocycles. The molecule has 0 radical (unpaired) electrons. The number of piperidine rings is 1. The van der Waals surface area contributed by atoms with Crippen molar-refractivity contribution in [1.29, 1.82) is 0 Å². The van der Waals surface area contributed by atoms with Gasteiger partial charge in [0, 0.05) is 62.1 Å². The van der Waals surface area contributed by atoms with Gasteiger partial charge in [-0.05, 0) is 131 Å². The zero-order chi connectivity index (χ0) is 44.7. The van der Waals surface area contributed by atoms with Crippen molar-refractivity contribution in [3.63, 3.8) is 0 Å². The Hall–Kier alpha value is -4.49. The number of hydrogen-bond donors (Lipinski definition) is 4. The SMILES string of the molecule is CCC1C(C)CC=C(C2(Nc3cccc(C(=O)N[C@H](C)c4ccc(OCCCCCCOCCOCCOCCCCCC(=O)O)cc4)c3)CCN(C)CC2)NC1c1ccncc1. The molecule has 0 aliphatic carbocycles. The van der Waals surface area contributed by atoms with Crippen molar-refractivity contribution < 1.29 is 33.6 Å². The highest BCUT2D eigenvalue weighted by Gasteiger charge is 2.41. The van der Waals surface area contributed by atoms with Crippen LogP contribution in [0, 0.1) is 11.8 Å². The van der Waals surface area contributed by atoms with Crippen molar-refractivity contribution in [2.45, 2.75) is 115 Å². The lowest BCUT2D eigenvalue weighted by atomic mass is 9.81. The average molecular weight is 870 g/mol. The van der Waals surface area contributed by atoms with Gasteiger partial charge in [-0.3, -0.25) is 14.6 Å². The molecule has 0 bridgehead atoms. The lowest BCUT2D eigenvalue weighted by Crippen LogP contribution is -2.53. The third-order valence-electron chi connectivity index (χ3n) is 12.7. The molecule has 1 fully saturated rings. The number of nitrogens with zero attached hydrogens (tertiary/aromatic N) is 2.